The number of rotatable bonds is 2. The third kappa shape index (κ3) is 146. The van der Waals surface area contributed by atoms with E-state index in [1.54, 1.807) is 0 Å². The molecule has 56 heavy (non-hydrogen) atoms. The molecular formula is C42H76Ge2Lu2O4Si6. The van der Waals surface area contributed by atoms with Crippen LogP contribution in [-0.2, 0) is 9.59 Å². The van der Waals surface area contributed by atoms with Crippen LogP contribution < -0.4 is 0 Å². The van der Waals surface area contributed by atoms with Gasteiger partial charge in [-0.05, 0) is 128 Å². The van der Waals surface area contributed by atoms with Crippen molar-refractivity contribution >= 4 is 95.0 Å². The Morgan fingerprint density at radius 2 is 0.339 bits per heavy atom. The van der Waals surface area contributed by atoms with Crippen LogP contribution in [0.4, 0.5) is 0 Å². The molecule has 0 aromatic carbocycles. The molecule has 0 aromatic heterocycles. The molecule has 0 unspecified atom stereocenters. The van der Waals surface area contributed by atoms with Crippen molar-refractivity contribution < 1.29 is 93.6 Å². The zero-order valence-electron chi connectivity index (χ0n) is 37.8. The molecule has 0 aromatic rings. The van der Waals surface area contributed by atoms with E-state index in [0.717, 1.165) is 33.0 Å². The van der Waals surface area contributed by atoms with Crippen molar-refractivity contribution in [1.29, 1.82) is 0 Å². The predicted octanol–water partition coefficient (Wildman–Crippen LogP) is 11.0. The molecule has 0 heterocycles. The van der Waals surface area contributed by atoms with Gasteiger partial charge in [0.05, 0.1) is 0 Å². The van der Waals surface area contributed by atoms with Crippen LogP contribution in [0.15, 0.2) is 11.5 Å². The molecule has 0 amide bonds. The minimum Gasteiger partial charge on any atom is -0.0312 e. The summed E-state index contributed by atoms with van der Waals surface area (Å²) < 4.78 is -1.46. The first-order chi connectivity index (χ1) is 24.9. The summed E-state index contributed by atoms with van der Waals surface area (Å²) in [6, 6.07) is 0. The quantitative estimate of drug-likeness (QED) is 0.164. The van der Waals surface area contributed by atoms with Gasteiger partial charge in [0.25, 0.3) is 0 Å². The molecule has 0 spiro atoms. The van der Waals surface area contributed by atoms with Crippen LogP contribution in [0, 0.1) is 202 Å². The molecule has 0 bridgehead atoms. The molecule has 34 radical (unpaired) electrons. The third-order valence-electron chi connectivity index (χ3n) is 2.88. The maximum atomic E-state index is 10.3. The van der Waals surface area contributed by atoms with E-state index in [1.165, 1.54) is 0 Å². The van der Waals surface area contributed by atoms with Gasteiger partial charge in [0.1, 0.15) is 0 Å². The number of carbonyl (C=O) groups is 2. The second kappa shape index (κ2) is 67.6. The summed E-state index contributed by atoms with van der Waals surface area (Å²) in [7, 11) is 0.722. The van der Waals surface area contributed by atoms with Crippen molar-refractivity contribution in [1.82, 2.24) is 0 Å². The third-order valence-corrected chi connectivity index (χ3v) is 3.87. The van der Waals surface area contributed by atoms with Crippen molar-refractivity contribution in [3.8, 4) is 0 Å². The number of carbonyl (C=O) groups excluding carboxylic acids is 2. The monoisotopic (exact) mass is 1310 g/mol. The van der Waals surface area contributed by atoms with Gasteiger partial charge in [0.2, 0.25) is 0 Å². The Bertz CT molecular complexity index is 595. The second-order valence-electron chi connectivity index (χ2n) is 14.2. The van der Waals surface area contributed by atoms with Gasteiger partial charge in [0, 0.05) is 127 Å². The summed E-state index contributed by atoms with van der Waals surface area (Å²) in [5.74, 6) is -1.76. The van der Waals surface area contributed by atoms with Crippen molar-refractivity contribution in [3.63, 3.8) is 0 Å². The zero-order valence-corrected chi connectivity index (χ0v) is 51.3. The van der Waals surface area contributed by atoms with Gasteiger partial charge in [0.15, 0.2) is 0 Å². The maximum absolute atomic E-state index is 10.3. The number of allylic oxidation sites excluding steroid dienone is 2. The minimum absolute atomic E-state index is 0. The van der Waals surface area contributed by atoms with Crippen molar-refractivity contribution in [2.24, 2.45) is 0 Å². The summed E-state index contributed by atoms with van der Waals surface area (Å²) in [6.07, 6.45) is 40.0. The smallest absolute Gasteiger partial charge is 0 e. The van der Waals surface area contributed by atoms with Crippen molar-refractivity contribution in [2.75, 3.05) is 0 Å². The van der Waals surface area contributed by atoms with E-state index >= 15 is 0 Å². The van der Waals surface area contributed by atoms with Gasteiger partial charge in [-0.2, -0.15) is 0 Å². The fourth-order valence-electron chi connectivity index (χ4n) is 1.50. The Balaban J connectivity index is -0.0000000627. The van der Waals surface area contributed by atoms with Crippen LogP contribution >= 0.6 is 0 Å². The Labute approximate surface area is 440 Å². The van der Waals surface area contributed by atoms with Crippen LogP contribution in [-0.4, -0.2) is 105 Å². The number of aliphatic hydroxyl groups excluding tert-OH is 2. The van der Waals surface area contributed by atoms with E-state index in [1.807, 2.05) is 128 Å². The fourth-order valence-corrected chi connectivity index (χ4v) is 1.99. The number of hydrogen-bond donors (Lipinski definition) is 2. The zero-order chi connectivity index (χ0) is 43.9. The Kier molecular flexibility index (Phi) is 96.4. The van der Waals surface area contributed by atoms with Crippen LogP contribution in [0.25, 0.3) is 0 Å². The number of hydrogen-bond acceptors (Lipinski definition) is 4. The topological polar surface area (TPSA) is 74.6 Å². The molecule has 14 heteroatoms. The first-order valence-corrected chi connectivity index (χ1v) is 37.9. The molecule has 4 aliphatic carbocycles. The van der Waals surface area contributed by atoms with E-state index in [4.69, 9.17) is 10.2 Å². The second-order valence-corrected chi connectivity index (χ2v) is 34.1. The fraction of sp³-hybridized carbons (Fsp3) is 0.429. The van der Waals surface area contributed by atoms with Gasteiger partial charge in [-0.3, -0.25) is 0 Å². The SMILES string of the molecule is C[Si](C)C.C[Si](C)C.C[Si](C)C.C[Si](C)C.C[Si](C)C.C[Si](C)C.O=[C]([Ge])/C(O)=C(\O)[C](=O)[Ge].[CH]1[CH][CH][CH][CH]1.[CH]1[CH][CH][CH][CH]1.[CH]1[CH][CH][CH][CH]1.[CH]1[CH][CH][CH][CH]1.[Lu].[Lu]. The molecule has 4 nitrogen and oxygen atoms in total. The first kappa shape index (κ1) is 79.9. The molecule has 4 fully saturated rings. The van der Waals surface area contributed by atoms with Crippen LogP contribution in [0.3, 0.4) is 0 Å². The summed E-state index contributed by atoms with van der Waals surface area (Å²) >= 11 is 2.10. The summed E-state index contributed by atoms with van der Waals surface area (Å²) in [5, 5.41) is 17.2. The summed E-state index contributed by atoms with van der Waals surface area (Å²) in [4.78, 5) is 20.5. The average Bonchev–Trinajstić information content (AvgIpc) is 3.87. The molecule has 330 valence electrons. The van der Waals surface area contributed by atoms with Gasteiger partial charge in [-0.1, -0.05) is 118 Å². The Morgan fingerprint density at radius 1 is 0.286 bits per heavy atom. The largest absolute Gasteiger partial charge is 0.0312 e. The molecule has 0 atom stereocenters. The van der Waals surface area contributed by atoms with Gasteiger partial charge < -0.3 is 0 Å². The van der Waals surface area contributed by atoms with Crippen molar-refractivity contribution in [2.45, 2.75) is 118 Å². The van der Waals surface area contributed by atoms with E-state index in [9.17, 15) is 9.59 Å². The molecule has 4 saturated carbocycles. The summed E-state index contributed by atoms with van der Waals surface area (Å²) in [6.45, 7) is 40.8. The molecule has 4 aliphatic rings. The Hall–Kier alpha value is 3.53. The van der Waals surface area contributed by atoms with Crippen molar-refractivity contribution in [3.05, 3.63) is 140 Å². The molecular weight excluding hydrogens is 1230 g/mol. The first-order valence-electron chi connectivity index (χ1n) is 17.8. The molecule has 2 N–H and O–H groups in total. The summed E-state index contributed by atoms with van der Waals surface area (Å²) in [5.41, 5.74) is 0. The minimum atomic E-state index is -0.882. The van der Waals surface area contributed by atoms with Crippen LogP contribution in [0.2, 0.25) is 118 Å². The van der Waals surface area contributed by atoms with Crippen LogP contribution in [0.1, 0.15) is 0 Å². The van der Waals surface area contributed by atoms with Crippen LogP contribution in [0.5, 0.6) is 0 Å². The predicted molar refractivity (Wildman–Crippen MR) is 260 cm³/mol. The van der Waals surface area contributed by atoms with E-state index in [0.29, 0.717) is 0 Å². The van der Waals surface area contributed by atoms with Gasteiger partial charge >= 0.3 is 73.6 Å². The van der Waals surface area contributed by atoms with Gasteiger partial charge in [-0.25, -0.2) is 0 Å². The number of aliphatic hydroxyl groups is 2. The van der Waals surface area contributed by atoms with Gasteiger partial charge in [-0.15, -0.1) is 0 Å². The average molecular weight is 1310 g/mol. The van der Waals surface area contributed by atoms with E-state index in [2.05, 4.69) is 118 Å². The molecule has 0 aliphatic heterocycles. The Morgan fingerprint density at radius 3 is 0.375 bits per heavy atom. The standard InChI is InChI=1S/4C5H5.C4H2Ge2O4.6C3H9Si.2Lu/c4*1-2-4-5-3-1;5-3(9)1(7)2(8)4(6)10;6*1-4(2)3;;/h4*1-5H;7-8H;6*1-3H3;;/b;;;;2-1+;;;;;;;;. The maximum Gasteiger partial charge on any atom is 0 e. The molecule has 4 rings (SSSR count). The normalized spacial score (nSPS) is 14.6. The van der Waals surface area contributed by atoms with E-state index in [-0.39, 0.29) is 127 Å². The molecule has 0 saturated heterocycles. The van der Waals surface area contributed by atoms with E-state index < -0.39 is 20.7 Å².